The molecule has 0 radical (unpaired) electrons. The topological polar surface area (TPSA) is 86.9 Å². The van der Waals surface area contributed by atoms with Crippen LogP contribution in [0, 0.1) is 0 Å². The first kappa shape index (κ1) is 13.6. The summed E-state index contributed by atoms with van der Waals surface area (Å²) in [5.74, 6) is 0. The van der Waals surface area contributed by atoms with E-state index in [0.717, 1.165) is 18.7 Å². The van der Waals surface area contributed by atoms with Crippen LogP contribution < -0.4 is 10.0 Å². The van der Waals surface area contributed by atoms with Crippen molar-refractivity contribution in [3.8, 4) is 0 Å². The molecule has 0 aliphatic heterocycles. The summed E-state index contributed by atoms with van der Waals surface area (Å²) in [6, 6.07) is 6.78. The van der Waals surface area contributed by atoms with Crippen LogP contribution >= 0.6 is 0 Å². The Bertz CT molecular complexity index is 606. The largest absolute Gasteiger partial charge is 0.313 e. The summed E-state index contributed by atoms with van der Waals surface area (Å²) in [5, 5.41) is 9.42. The monoisotopic (exact) mass is 280 g/mol. The molecule has 1 heterocycles. The molecule has 2 aromatic rings. The van der Waals surface area contributed by atoms with Crippen molar-refractivity contribution >= 4 is 15.7 Å². The molecule has 7 heteroatoms. The third-order valence-electron chi connectivity index (χ3n) is 2.56. The summed E-state index contributed by atoms with van der Waals surface area (Å²) in [6.07, 6.45) is 2.90. The van der Waals surface area contributed by atoms with Gasteiger partial charge in [0.15, 0.2) is 0 Å². The van der Waals surface area contributed by atoms with Gasteiger partial charge in [-0.05, 0) is 24.2 Å². The molecule has 0 saturated heterocycles. The van der Waals surface area contributed by atoms with Crippen molar-refractivity contribution in [1.29, 1.82) is 0 Å². The Kier molecular flexibility index (Phi) is 4.18. The number of nitrogens with zero attached hydrogens (tertiary/aromatic N) is 1. The SMILES string of the molecule is CCNCc1ccc(S(=O)(=O)Nc2cn[nH]c2)cc1. The van der Waals surface area contributed by atoms with Gasteiger partial charge in [-0.25, -0.2) is 8.42 Å². The highest BCUT2D eigenvalue weighted by atomic mass is 32.2. The van der Waals surface area contributed by atoms with Crippen LogP contribution in [-0.2, 0) is 16.6 Å². The number of hydrogen-bond acceptors (Lipinski definition) is 4. The molecule has 0 bridgehead atoms. The second-order valence-electron chi connectivity index (χ2n) is 4.02. The van der Waals surface area contributed by atoms with Crippen LogP contribution in [0.25, 0.3) is 0 Å². The predicted molar refractivity (Wildman–Crippen MR) is 73.2 cm³/mol. The fraction of sp³-hybridized carbons (Fsp3) is 0.250. The maximum absolute atomic E-state index is 12.1. The van der Waals surface area contributed by atoms with Crippen molar-refractivity contribution in [3.05, 3.63) is 42.2 Å². The highest BCUT2D eigenvalue weighted by Gasteiger charge is 2.14. The van der Waals surface area contributed by atoms with Crippen LogP contribution in [0.1, 0.15) is 12.5 Å². The number of aromatic nitrogens is 2. The quantitative estimate of drug-likeness (QED) is 0.745. The molecule has 0 saturated carbocycles. The molecule has 3 N–H and O–H groups in total. The third-order valence-corrected chi connectivity index (χ3v) is 3.96. The molecule has 0 fully saturated rings. The fourth-order valence-corrected chi connectivity index (χ4v) is 2.61. The minimum absolute atomic E-state index is 0.231. The number of benzene rings is 1. The third kappa shape index (κ3) is 3.55. The first-order valence-electron chi connectivity index (χ1n) is 5.93. The Balaban J connectivity index is 2.12. The first-order chi connectivity index (χ1) is 9.12. The summed E-state index contributed by atoms with van der Waals surface area (Å²) in [6.45, 7) is 3.63. The standard InChI is InChI=1S/C12H16N4O2S/c1-2-13-7-10-3-5-12(6-4-10)19(17,18)16-11-8-14-15-9-11/h3-6,8-9,13,16H,2,7H2,1H3,(H,14,15). The van der Waals surface area contributed by atoms with Crippen LogP contribution in [-0.4, -0.2) is 25.2 Å². The number of anilines is 1. The molecule has 0 atom stereocenters. The van der Waals surface area contributed by atoms with Crippen LogP contribution in [0.5, 0.6) is 0 Å². The number of aromatic amines is 1. The lowest BCUT2D eigenvalue weighted by Crippen LogP contribution is -2.14. The molecule has 102 valence electrons. The van der Waals surface area contributed by atoms with Gasteiger partial charge in [-0.2, -0.15) is 5.10 Å². The van der Waals surface area contributed by atoms with E-state index in [9.17, 15) is 8.42 Å². The van der Waals surface area contributed by atoms with Crippen molar-refractivity contribution in [2.45, 2.75) is 18.4 Å². The average Bonchev–Trinajstić information content (AvgIpc) is 2.89. The fourth-order valence-electron chi connectivity index (χ4n) is 1.58. The molecule has 0 amide bonds. The van der Waals surface area contributed by atoms with E-state index in [1.165, 1.54) is 12.4 Å². The molecule has 19 heavy (non-hydrogen) atoms. The zero-order chi connectivity index (χ0) is 13.7. The smallest absolute Gasteiger partial charge is 0.261 e. The lowest BCUT2D eigenvalue weighted by molar-refractivity contribution is 0.601. The van der Waals surface area contributed by atoms with Crippen molar-refractivity contribution in [2.24, 2.45) is 0 Å². The lowest BCUT2D eigenvalue weighted by Gasteiger charge is -2.07. The molecule has 1 aromatic carbocycles. The van der Waals surface area contributed by atoms with Gasteiger partial charge in [0.05, 0.1) is 16.8 Å². The van der Waals surface area contributed by atoms with Gasteiger partial charge in [0, 0.05) is 12.7 Å². The van der Waals surface area contributed by atoms with Gasteiger partial charge in [-0.15, -0.1) is 0 Å². The van der Waals surface area contributed by atoms with E-state index in [-0.39, 0.29) is 4.90 Å². The van der Waals surface area contributed by atoms with Crippen molar-refractivity contribution in [3.63, 3.8) is 0 Å². The zero-order valence-electron chi connectivity index (χ0n) is 10.6. The van der Waals surface area contributed by atoms with E-state index in [1.807, 2.05) is 6.92 Å². The van der Waals surface area contributed by atoms with Crippen molar-refractivity contribution in [2.75, 3.05) is 11.3 Å². The number of sulfonamides is 1. The summed E-state index contributed by atoms with van der Waals surface area (Å²) in [5.41, 5.74) is 1.46. The number of nitrogens with one attached hydrogen (secondary N) is 3. The molecular weight excluding hydrogens is 264 g/mol. The van der Waals surface area contributed by atoms with Gasteiger partial charge in [0.2, 0.25) is 0 Å². The van der Waals surface area contributed by atoms with Crippen molar-refractivity contribution in [1.82, 2.24) is 15.5 Å². The maximum Gasteiger partial charge on any atom is 0.261 e. The average molecular weight is 280 g/mol. The molecule has 2 rings (SSSR count). The molecule has 0 aliphatic rings. The van der Waals surface area contributed by atoms with E-state index >= 15 is 0 Å². The Morgan fingerprint density at radius 3 is 2.58 bits per heavy atom. The zero-order valence-corrected chi connectivity index (χ0v) is 11.4. The van der Waals surface area contributed by atoms with Gasteiger partial charge in [0.1, 0.15) is 0 Å². The molecule has 0 aliphatic carbocycles. The number of hydrogen-bond donors (Lipinski definition) is 3. The molecular formula is C12H16N4O2S. The summed E-state index contributed by atoms with van der Waals surface area (Å²) < 4.78 is 26.6. The van der Waals surface area contributed by atoms with Gasteiger partial charge in [-0.1, -0.05) is 19.1 Å². The van der Waals surface area contributed by atoms with E-state index in [2.05, 4.69) is 20.2 Å². The highest BCUT2D eigenvalue weighted by molar-refractivity contribution is 7.92. The van der Waals surface area contributed by atoms with Gasteiger partial charge in [0.25, 0.3) is 10.0 Å². The van der Waals surface area contributed by atoms with Crippen LogP contribution in [0.3, 0.4) is 0 Å². The Labute approximate surface area is 112 Å². The van der Waals surface area contributed by atoms with E-state index in [1.54, 1.807) is 24.3 Å². The summed E-state index contributed by atoms with van der Waals surface area (Å²) >= 11 is 0. The molecule has 1 aromatic heterocycles. The normalized spacial score (nSPS) is 11.4. The lowest BCUT2D eigenvalue weighted by atomic mass is 10.2. The molecule has 0 unspecified atom stereocenters. The minimum Gasteiger partial charge on any atom is -0.313 e. The van der Waals surface area contributed by atoms with Gasteiger partial charge in [-0.3, -0.25) is 9.82 Å². The summed E-state index contributed by atoms with van der Waals surface area (Å²) in [4.78, 5) is 0.231. The van der Waals surface area contributed by atoms with E-state index < -0.39 is 10.0 Å². The predicted octanol–water partition coefficient (Wildman–Crippen LogP) is 1.32. The van der Waals surface area contributed by atoms with Crippen LogP contribution in [0.4, 0.5) is 5.69 Å². The Hall–Kier alpha value is -1.86. The second-order valence-corrected chi connectivity index (χ2v) is 5.70. The van der Waals surface area contributed by atoms with Crippen molar-refractivity contribution < 1.29 is 8.42 Å². The number of rotatable bonds is 6. The minimum atomic E-state index is -3.55. The second kappa shape index (κ2) is 5.85. The van der Waals surface area contributed by atoms with Gasteiger partial charge >= 0.3 is 0 Å². The first-order valence-corrected chi connectivity index (χ1v) is 7.41. The molecule has 0 spiro atoms. The maximum atomic E-state index is 12.1. The van der Waals surface area contributed by atoms with Crippen LogP contribution in [0.2, 0.25) is 0 Å². The molecule has 6 nitrogen and oxygen atoms in total. The Morgan fingerprint density at radius 2 is 2.00 bits per heavy atom. The Morgan fingerprint density at radius 1 is 1.26 bits per heavy atom. The van der Waals surface area contributed by atoms with E-state index in [0.29, 0.717) is 5.69 Å². The van der Waals surface area contributed by atoms with Gasteiger partial charge < -0.3 is 5.32 Å². The number of H-pyrrole nitrogens is 1. The van der Waals surface area contributed by atoms with Crippen LogP contribution in [0.15, 0.2) is 41.6 Å². The van der Waals surface area contributed by atoms with E-state index in [4.69, 9.17) is 0 Å². The summed E-state index contributed by atoms with van der Waals surface area (Å²) in [7, 11) is -3.55. The highest BCUT2D eigenvalue weighted by Crippen LogP contribution is 2.15.